The van der Waals surface area contributed by atoms with Crippen LogP contribution in [0.5, 0.6) is 0 Å². The van der Waals surface area contributed by atoms with Crippen molar-refractivity contribution >= 4 is 12.0 Å². The summed E-state index contributed by atoms with van der Waals surface area (Å²) < 4.78 is 0. The van der Waals surface area contributed by atoms with Crippen LogP contribution in [-0.4, -0.2) is 31.1 Å². The quantitative estimate of drug-likeness (QED) is 0.449. The predicted molar refractivity (Wildman–Crippen MR) is 51.3 cm³/mol. The second-order valence-corrected chi connectivity index (χ2v) is 2.99. The molecule has 0 unspecified atom stereocenters. The van der Waals surface area contributed by atoms with E-state index in [9.17, 15) is 4.79 Å². The van der Waals surface area contributed by atoms with Crippen LogP contribution in [0.15, 0.2) is 5.10 Å². The highest BCUT2D eigenvalue weighted by molar-refractivity contribution is 5.91. The summed E-state index contributed by atoms with van der Waals surface area (Å²) >= 11 is 0. The van der Waals surface area contributed by atoms with Crippen molar-refractivity contribution in [2.75, 3.05) is 14.1 Å². The summed E-state index contributed by atoms with van der Waals surface area (Å²) in [5, 5.41) is 5.65. The van der Waals surface area contributed by atoms with Crippen molar-refractivity contribution in [1.29, 1.82) is 0 Å². The summed E-state index contributed by atoms with van der Waals surface area (Å²) in [6.07, 6.45) is 4.90. The van der Waals surface area contributed by atoms with E-state index in [1.165, 1.54) is 0 Å². The molecule has 0 aliphatic carbocycles. The summed E-state index contributed by atoms with van der Waals surface area (Å²) in [5.41, 5.74) is 0. The second-order valence-electron chi connectivity index (χ2n) is 2.99. The van der Waals surface area contributed by atoms with E-state index in [-0.39, 0.29) is 5.78 Å². The maximum atomic E-state index is 11.1. The molecule has 0 aromatic carbocycles. The molecule has 0 saturated carbocycles. The van der Waals surface area contributed by atoms with Crippen molar-refractivity contribution < 1.29 is 4.79 Å². The highest BCUT2D eigenvalue weighted by Gasteiger charge is 1.97. The van der Waals surface area contributed by atoms with Gasteiger partial charge in [-0.1, -0.05) is 13.3 Å². The molecule has 0 saturated heterocycles. The molecule has 0 aliphatic rings. The molecular formula is C9H18N2O. The maximum Gasteiger partial charge on any atom is 0.138 e. The number of ketones is 1. The Morgan fingerprint density at radius 1 is 1.50 bits per heavy atom. The van der Waals surface area contributed by atoms with Crippen LogP contribution in [0.25, 0.3) is 0 Å². The Balaban J connectivity index is 3.43. The van der Waals surface area contributed by atoms with Crippen LogP contribution in [0.2, 0.25) is 0 Å². The minimum atomic E-state index is 0.280. The van der Waals surface area contributed by atoms with Crippen molar-refractivity contribution in [3.05, 3.63) is 0 Å². The number of nitrogens with zero attached hydrogens (tertiary/aromatic N) is 2. The number of carbonyl (C=O) groups excluding carboxylic acids is 1. The number of rotatable bonds is 6. The molecule has 0 fully saturated rings. The molecule has 0 N–H and O–H groups in total. The van der Waals surface area contributed by atoms with E-state index in [2.05, 4.69) is 12.0 Å². The van der Waals surface area contributed by atoms with Crippen LogP contribution in [0, 0.1) is 0 Å². The number of hydrogen-bond acceptors (Lipinski definition) is 3. The first-order chi connectivity index (χ1) is 5.66. The van der Waals surface area contributed by atoms with Gasteiger partial charge in [-0.2, -0.15) is 5.10 Å². The highest BCUT2D eigenvalue weighted by atomic mass is 16.1. The fourth-order valence-corrected chi connectivity index (χ4v) is 0.782. The van der Waals surface area contributed by atoms with Gasteiger partial charge in [-0.15, -0.1) is 0 Å². The fraction of sp³-hybridized carbons (Fsp3) is 0.778. The molecule has 0 heterocycles. The van der Waals surface area contributed by atoms with Crippen LogP contribution in [0.4, 0.5) is 0 Å². The molecule has 3 heteroatoms. The lowest BCUT2D eigenvalue weighted by molar-refractivity contribution is -0.117. The van der Waals surface area contributed by atoms with Gasteiger partial charge in [0.25, 0.3) is 0 Å². The Morgan fingerprint density at radius 2 is 2.17 bits per heavy atom. The lowest BCUT2D eigenvalue weighted by Gasteiger charge is -2.01. The van der Waals surface area contributed by atoms with Gasteiger partial charge in [-0.25, -0.2) is 0 Å². The summed E-state index contributed by atoms with van der Waals surface area (Å²) in [6, 6.07) is 0. The van der Waals surface area contributed by atoms with Crippen LogP contribution >= 0.6 is 0 Å². The zero-order chi connectivity index (χ0) is 9.40. The van der Waals surface area contributed by atoms with Gasteiger partial charge in [-0.05, 0) is 6.42 Å². The lowest BCUT2D eigenvalue weighted by Crippen LogP contribution is -2.04. The minimum Gasteiger partial charge on any atom is -0.303 e. The zero-order valence-corrected chi connectivity index (χ0v) is 8.21. The Morgan fingerprint density at radius 3 is 2.67 bits per heavy atom. The molecule has 3 nitrogen and oxygen atoms in total. The molecule has 0 spiro atoms. The Hall–Kier alpha value is -0.860. The molecule has 0 bridgehead atoms. The van der Waals surface area contributed by atoms with Crippen LogP contribution in [0.3, 0.4) is 0 Å². The average molecular weight is 170 g/mol. The first kappa shape index (κ1) is 11.1. The van der Waals surface area contributed by atoms with E-state index in [1.807, 2.05) is 14.1 Å². The number of Topliss-reactive ketones (excluding diaryl/α,β-unsaturated/α-hetero) is 1. The third kappa shape index (κ3) is 7.25. The molecule has 0 radical (unpaired) electrons. The van der Waals surface area contributed by atoms with Crippen molar-refractivity contribution in [2.24, 2.45) is 5.10 Å². The van der Waals surface area contributed by atoms with E-state index in [0.717, 1.165) is 12.8 Å². The molecular weight excluding hydrogens is 152 g/mol. The van der Waals surface area contributed by atoms with Gasteiger partial charge in [0.15, 0.2) is 0 Å². The van der Waals surface area contributed by atoms with Gasteiger partial charge in [0.2, 0.25) is 0 Å². The van der Waals surface area contributed by atoms with Crippen LogP contribution in [-0.2, 0) is 4.79 Å². The lowest BCUT2D eigenvalue weighted by atomic mass is 10.1. The second kappa shape index (κ2) is 6.83. The molecule has 12 heavy (non-hydrogen) atoms. The summed E-state index contributed by atoms with van der Waals surface area (Å²) in [4.78, 5) is 11.1. The van der Waals surface area contributed by atoms with Crippen molar-refractivity contribution in [2.45, 2.75) is 32.6 Å². The smallest absolute Gasteiger partial charge is 0.138 e. The number of hydrazone groups is 1. The van der Waals surface area contributed by atoms with Gasteiger partial charge in [-0.3, -0.25) is 4.79 Å². The van der Waals surface area contributed by atoms with Crippen LogP contribution in [0.1, 0.15) is 32.6 Å². The standard InChI is InChI=1S/C9H18N2O/c1-4-5-6-9(12)7-8-10-11(2)3/h8H,4-7H2,1-3H3/b10-8+. The average Bonchev–Trinajstić information content (AvgIpc) is 2.00. The molecule has 0 rings (SSSR count). The molecule has 0 amide bonds. The Kier molecular flexibility index (Phi) is 6.34. The SMILES string of the molecule is CCCCC(=O)C/C=N/N(C)C. The molecule has 0 aromatic rings. The predicted octanol–water partition coefficient (Wildman–Crippen LogP) is 1.68. The molecule has 0 atom stereocenters. The van der Waals surface area contributed by atoms with Gasteiger partial charge in [0.1, 0.15) is 5.78 Å². The third-order valence-corrected chi connectivity index (χ3v) is 1.44. The molecule has 0 aliphatic heterocycles. The van der Waals surface area contributed by atoms with Crippen molar-refractivity contribution in [3.63, 3.8) is 0 Å². The monoisotopic (exact) mass is 170 g/mol. The molecule has 70 valence electrons. The first-order valence-corrected chi connectivity index (χ1v) is 4.38. The number of hydrogen-bond donors (Lipinski definition) is 0. The summed E-state index contributed by atoms with van der Waals surface area (Å²) in [7, 11) is 3.68. The van der Waals surface area contributed by atoms with Crippen LogP contribution < -0.4 is 0 Å². The first-order valence-electron chi connectivity index (χ1n) is 4.38. The van der Waals surface area contributed by atoms with Gasteiger partial charge >= 0.3 is 0 Å². The van der Waals surface area contributed by atoms with Gasteiger partial charge in [0, 0.05) is 33.2 Å². The third-order valence-electron chi connectivity index (χ3n) is 1.44. The summed E-state index contributed by atoms with van der Waals surface area (Å²) in [6.45, 7) is 2.08. The Labute approximate surface area is 74.4 Å². The van der Waals surface area contributed by atoms with E-state index >= 15 is 0 Å². The highest BCUT2D eigenvalue weighted by Crippen LogP contribution is 1.96. The van der Waals surface area contributed by atoms with E-state index in [1.54, 1.807) is 11.2 Å². The number of unbranched alkanes of at least 4 members (excludes halogenated alkanes) is 1. The largest absolute Gasteiger partial charge is 0.303 e. The van der Waals surface area contributed by atoms with E-state index in [0.29, 0.717) is 12.8 Å². The Bertz CT molecular complexity index is 153. The minimum absolute atomic E-state index is 0.280. The van der Waals surface area contributed by atoms with Gasteiger partial charge < -0.3 is 5.01 Å². The fourth-order valence-electron chi connectivity index (χ4n) is 0.782. The van der Waals surface area contributed by atoms with Gasteiger partial charge in [0.05, 0.1) is 0 Å². The topological polar surface area (TPSA) is 32.7 Å². The van der Waals surface area contributed by atoms with E-state index < -0.39 is 0 Å². The van der Waals surface area contributed by atoms with Crippen molar-refractivity contribution in [3.8, 4) is 0 Å². The molecule has 0 aromatic heterocycles. The van der Waals surface area contributed by atoms with E-state index in [4.69, 9.17) is 0 Å². The zero-order valence-electron chi connectivity index (χ0n) is 8.21. The summed E-state index contributed by atoms with van der Waals surface area (Å²) in [5.74, 6) is 0.280. The number of carbonyl (C=O) groups is 1. The maximum absolute atomic E-state index is 11.1. The normalized spacial score (nSPS) is 10.6. The van der Waals surface area contributed by atoms with Crippen molar-refractivity contribution in [1.82, 2.24) is 5.01 Å².